The van der Waals surface area contributed by atoms with Crippen molar-refractivity contribution in [3.8, 4) is 0 Å². The number of aliphatic imine (C=N–C) groups is 1. The largest absolute Gasteiger partial charge is 0.368 e. The summed E-state index contributed by atoms with van der Waals surface area (Å²) in [4.78, 5) is 7.15. The molecule has 0 aromatic heterocycles. The van der Waals surface area contributed by atoms with Gasteiger partial charge in [0.15, 0.2) is 0 Å². The molecule has 0 bridgehead atoms. The minimum absolute atomic E-state index is 1.00. The monoisotopic (exact) mass is 292 g/mol. The Balaban J connectivity index is 1.78. The summed E-state index contributed by atoms with van der Waals surface area (Å²) in [6.07, 6.45) is 2.00. The summed E-state index contributed by atoms with van der Waals surface area (Å²) >= 11 is 0. The molecule has 2 N–H and O–H groups in total. The Hall–Kier alpha value is -2.33. The van der Waals surface area contributed by atoms with E-state index in [1.165, 1.54) is 16.8 Å². The first-order chi connectivity index (χ1) is 10.8. The van der Waals surface area contributed by atoms with Crippen molar-refractivity contribution in [3.05, 3.63) is 47.5 Å². The maximum absolute atomic E-state index is 4.71. The highest BCUT2D eigenvalue weighted by atomic mass is 15.2. The molecule has 0 aliphatic carbocycles. The van der Waals surface area contributed by atoms with Crippen LogP contribution in [0.1, 0.15) is 11.1 Å². The third-order valence-electron chi connectivity index (χ3n) is 4.30. The molecule has 0 amide bonds. The van der Waals surface area contributed by atoms with Crippen molar-refractivity contribution >= 4 is 29.0 Å². The number of piperazine rings is 1. The highest BCUT2D eigenvalue weighted by Crippen LogP contribution is 2.36. The van der Waals surface area contributed by atoms with Crippen LogP contribution in [0.25, 0.3) is 0 Å². The van der Waals surface area contributed by atoms with Gasteiger partial charge in [0, 0.05) is 49.3 Å². The molecular weight excluding hydrogens is 272 g/mol. The molecule has 2 heterocycles. The summed E-state index contributed by atoms with van der Waals surface area (Å²) in [5, 5.41) is 6.95. The molecule has 112 valence electrons. The van der Waals surface area contributed by atoms with Gasteiger partial charge in [-0.25, -0.2) is 0 Å². The van der Waals surface area contributed by atoms with Gasteiger partial charge in [-0.1, -0.05) is 12.1 Å². The molecule has 0 unspecified atom stereocenters. The summed E-state index contributed by atoms with van der Waals surface area (Å²) in [6, 6.07) is 12.8. The summed E-state index contributed by atoms with van der Waals surface area (Å²) in [6.45, 7) is 6.24. The molecule has 2 aliphatic rings. The first kappa shape index (κ1) is 13.3. The third-order valence-corrected chi connectivity index (χ3v) is 4.30. The van der Waals surface area contributed by atoms with Crippen LogP contribution in [0.2, 0.25) is 0 Å². The Kier molecular flexibility index (Phi) is 3.31. The number of nitrogens with zero attached hydrogens (tertiary/aromatic N) is 2. The van der Waals surface area contributed by atoms with E-state index in [1.807, 2.05) is 6.21 Å². The second-order valence-electron chi connectivity index (χ2n) is 5.88. The lowest BCUT2D eigenvalue weighted by atomic mass is 10.1. The van der Waals surface area contributed by atoms with Gasteiger partial charge in [-0.3, -0.25) is 4.99 Å². The second-order valence-corrected chi connectivity index (χ2v) is 5.88. The Labute approximate surface area is 130 Å². The Morgan fingerprint density at radius 3 is 2.77 bits per heavy atom. The van der Waals surface area contributed by atoms with Crippen molar-refractivity contribution in [2.24, 2.45) is 4.99 Å². The van der Waals surface area contributed by atoms with Crippen LogP contribution in [-0.2, 0) is 0 Å². The summed E-state index contributed by atoms with van der Waals surface area (Å²) < 4.78 is 0. The van der Waals surface area contributed by atoms with E-state index in [4.69, 9.17) is 4.99 Å². The molecule has 2 aliphatic heterocycles. The van der Waals surface area contributed by atoms with Gasteiger partial charge in [0.1, 0.15) is 0 Å². The summed E-state index contributed by atoms with van der Waals surface area (Å²) in [5.74, 6) is 0. The number of rotatable bonds is 1. The SMILES string of the molecule is Cc1ccc2c(c1)N=Cc1c(cccc1N1CCNCC1)N2. The molecule has 4 nitrogen and oxygen atoms in total. The Bertz CT molecular complexity index is 730. The molecule has 22 heavy (non-hydrogen) atoms. The van der Waals surface area contributed by atoms with Crippen molar-refractivity contribution in [3.63, 3.8) is 0 Å². The van der Waals surface area contributed by atoms with Gasteiger partial charge in [-0.05, 0) is 36.8 Å². The Morgan fingerprint density at radius 1 is 1.05 bits per heavy atom. The van der Waals surface area contributed by atoms with Crippen LogP contribution >= 0.6 is 0 Å². The molecule has 4 rings (SSSR count). The standard InChI is InChI=1S/C18H20N4/c1-13-5-6-16-17(11-13)20-12-14-15(21-16)3-2-4-18(14)22-9-7-19-8-10-22/h2-6,11-12,19,21H,7-10H2,1H3. The lowest BCUT2D eigenvalue weighted by Gasteiger charge is -2.31. The van der Waals surface area contributed by atoms with E-state index in [9.17, 15) is 0 Å². The van der Waals surface area contributed by atoms with Crippen LogP contribution in [0.3, 0.4) is 0 Å². The lowest BCUT2D eigenvalue weighted by molar-refractivity contribution is 0.589. The number of aryl methyl sites for hydroxylation is 1. The Morgan fingerprint density at radius 2 is 1.91 bits per heavy atom. The van der Waals surface area contributed by atoms with Crippen LogP contribution < -0.4 is 15.5 Å². The fourth-order valence-electron chi connectivity index (χ4n) is 3.11. The molecule has 0 spiro atoms. The third kappa shape index (κ3) is 2.35. The quantitative estimate of drug-likeness (QED) is 0.723. The van der Waals surface area contributed by atoms with E-state index in [1.54, 1.807) is 0 Å². The number of hydrogen-bond donors (Lipinski definition) is 2. The van der Waals surface area contributed by atoms with Crippen LogP contribution in [0, 0.1) is 6.92 Å². The van der Waals surface area contributed by atoms with Gasteiger partial charge in [0.2, 0.25) is 0 Å². The fraction of sp³-hybridized carbons (Fsp3) is 0.278. The van der Waals surface area contributed by atoms with Crippen molar-refractivity contribution in [2.45, 2.75) is 6.92 Å². The topological polar surface area (TPSA) is 39.7 Å². The van der Waals surface area contributed by atoms with Crippen molar-refractivity contribution in [1.29, 1.82) is 0 Å². The molecular formula is C18H20N4. The maximum Gasteiger partial charge on any atom is 0.0867 e. The predicted molar refractivity (Wildman–Crippen MR) is 93.2 cm³/mol. The number of anilines is 3. The number of fused-ring (bicyclic) bond motifs is 2. The van der Waals surface area contributed by atoms with E-state index in [0.717, 1.165) is 43.2 Å². The fourth-order valence-corrected chi connectivity index (χ4v) is 3.11. The predicted octanol–water partition coefficient (Wildman–Crippen LogP) is 3.21. The molecule has 2 aromatic rings. The van der Waals surface area contributed by atoms with Gasteiger partial charge < -0.3 is 15.5 Å². The first-order valence-corrected chi connectivity index (χ1v) is 7.82. The van der Waals surface area contributed by atoms with Gasteiger partial charge in [0.05, 0.1) is 11.4 Å². The molecule has 0 saturated carbocycles. The van der Waals surface area contributed by atoms with Crippen LogP contribution in [0.5, 0.6) is 0 Å². The van der Waals surface area contributed by atoms with E-state index < -0.39 is 0 Å². The summed E-state index contributed by atoms with van der Waals surface area (Å²) in [7, 11) is 0. The van der Waals surface area contributed by atoms with Gasteiger partial charge in [0.25, 0.3) is 0 Å². The van der Waals surface area contributed by atoms with Gasteiger partial charge in [-0.2, -0.15) is 0 Å². The zero-order valence-corrected chi connectivity index (χ0v) is 12.8. The second kappa shape index (κ2) is 5.46. The molecule has 4 heteroatoms. The van der Waals surface area contributed by atoms with E-state index in [-0.39, 0.29) is 0 Å². The van der Waals surface area contributed by atoms with Gasteiger partial charge in [-0.15, -0.1) is 0 Å². The highest BCUT2D eigenvalue weighted by Gasteiger charge is 2.18. The van der Waals surface area contributed by atoms with Crippen molar-refractivity contribution < 1.29 is 0 Å². The van der Waals surface area contributed by atoms with E-state index >= 15 is 0 Å². The zero-order valence-electron chi connectivity index (χ0n) is 12.8. The maximum atomic E-state index is 4.71. The molecule has 0 atom stereocenters. The lowest BCUT2D eigenvalue weighted by Crippen LogP contribution is -2.43. The molecule has 1 fully saturated rings. The number of nitrogens with one attached hydrogen (secondary N) is 2. The zero-order chi connectivity index (χ0) is 14.9. The highest BCUT2D eigenvalue weighted by molar-refractivity contribution is 6.00. The van der Waals surface area contributed by atoms with Crippen LogP contribution in [0.4, 0.5) is 22.7 Å². The van der Waals surface area contributed by atoms with E-state index in [2.05, 4.69) is 58.9 Å². The van der Waals surface area contributed by atoms with E-state index in [0.29, 0.717) is 0 Å². The molecule has 2 aromatic carbocycles. The average Bonchev–Trinajstić information content (AvgIpc) is 2.74. The van der Waals surface area contributed by atoms with Crippen molar-refractivity contribution in [1.82, 2.24) is 5.32 Å². The number of hydrogen-bond acceptors (Lipinski definition) is 4. The average molecular weight is 292 g/mol. The minimum Gasteiger partial charge on any atom is -0.368 e. The molecule has 0 radical (unpaired) electrons. The smallest absolute Gasteiger partial charge is 0.0867 e. The first-order valence-electron chi connectivity index (χ1n) is 7.82. The molecule has 1 saturated heterocycles. The summed E-state index contributed by atoms with van der Waals surface area (Å²) in [5.41, 5.74) is 6.87. The van der Waals surface area contributed by atoms with Crippen molar-refractivity contribution in [2.75, 3.05) is 36.4 Å². The normalized spacial score (nSPS) is 16.5. The van der Waals surface area contributed by atoms with Gasteiger partial charge >= 0.3 is 0 Å². The van der Waals surface area contributed by atoms with Crippen LogP contribution in [-0.4, -0.2) is 32.4 Å². The number of benzene rings is 2. The van der Waals surface area contributed by atoms with Crippen LogP contribution in [0.15, 0.2) is 41.4 Å². The minimum atomic E-state index is 1.00.